The van der Waals surface area contributed by atoms with Gasteiger partial charge in [-0.1, -0.05) is 13.3 Å². The van der Waals surface area contributed by atoms with Gasteiger partial charge in [0, 0.05) is 32.0 Å². The van der Waals surface area contributed by atoms with Gasteiger partial charge in [0.2, 0.25) is 0 Å². The molecule has 1 aromatic rings. The average molecular weight is 384 g/mol. The summed E-state index contributed by atoms with van der Waals surface area (Å²) in [4.78, 5) is 27.8. The minimum absolute atomic E-state index is 0.0813. The molecule has 1 spiro atoms. The lowest BCUT2D eigenvalue weighted by atomic mass is 9.90. The first-order valence-corrected chi connectivity index (χ1v) is 9.20. The van der Waals surface area contributed by atoms with E-state index < -0.39 is 34.5 Å². The first-order chi connectivity index (χ1) is 12.8. The van der Waals surface area contributed by atoms with Crippen molar-refractivity contribution in [1.29, 1.82) is 0 Å². The van der Waals surface area contributed by atoms with Crippen LogP contribution in [0.25, 0.3) is 0 Å². The second-order valence-corrected chi connectivity index (χ2v) is 7.33. The monoisotopic (exact) mass is 384 g/mol. The van der Waals surface area contributed by atoms with Crippen LogP contribution in [0.1, 0.15) is 49.9 Å². The topological polar surface area (TPSA) is 49.9 Å². The van der Waals surface area contributed by atoms with E-state index in [1.54, 1.807) is 4.90 Å². The van der Waals surface area contributed by atoms with Gasteiger partial charge in [-0.25, -0.2) is 18.0 Å². The van der Waals surface area contributed by atoms with Crippen LogP contribution in [0.5, 0.6) is 0 Å². The number of nitrogens with zero attached hydrogens (tertiary/aromatic N) is 2. The molecule has 1 atom stereocenters. The Morgan fingerprint density at radius 3 is 2.52 bits per heavy atom. The highest BCUT2D eigenvalue weighted by atomic mass is 19.2. The number of ether oxygens (including phenoxy) is 1. The van der Waals surface area contributed by atoms with Gasteiger partial charge in [-0.3, -0.25) is 4.79 Å². The second-order valence-electron chi connectivity index (χ2n) is 7.33. The van der Waals surface area contributed by atoms with E-state index in [-0.39, 0.29) is 25.2 Å². The summed E-state index contributed by atoms with van der Waals surface area (Å²) in [6, 6.07) is 1.77. The molecule has 0 aliphatic carbocycles. The summed E-state index contributed by atoms with van der Waals surface area (Å²) in [7, 11) is 0. The van der Waals surface area contributed by atoms with E-state index in [4.69, 9.17) is 4.74 Å². The summed E-state index contributed by atoms with van der Waals surface area (Å²) < 4.78 is 46.0. The highest BCUT2D eigenvalue weighted by molar-refractivity contribution is 5.94. The Kier molecular flexibility index (Phi) is 5.35. The predicted molar refractivity (Wildman–Crippen MR) is 91.7 cm³/mol. The molecule has 2 saturated heterocycles. The van der Waals surface area contributed by atoms with Crippen molar-refractivity contribution >= 4 is 12.0 Å². The number of carbonyl (C=O) groups excluding carboxylic acids is 2. The molecule has 148 valence electrons. The molecule has 27 heavy (non-hydrogen) atoms. The molecule has 0 aromatic heterocycles. The number of rotatable bonds is 4. The molecule has 5 nitrogen and oxygen atoms in total. The van der Waals surface area contributed by atoms with E-state index >= 15 is 0 Å². The van der Waals surface area contributed by atoms with E-state index in [0.717, 1.165) is 25.0 Å². The standard InChI is InChI=1S/C19H23F3N2O3/c1-3-4-12(2)24-11-19(27-18(24)26)7-9-23(10-8-19)17(25)13-5-6-14(20)16(22)15(13)21/h5-6,12H,3-4,7-11H2,1-2H3/t12-/m1/s1. The lowest BCUT2D eigenvalue weighted by Crippen LogP contribution is -2.49. The van der Waals surface area contributed by atoms with E-state index in [2.05, 4.69) is 6.92 Å². The molecule has 0 N–H and O–H groups in total. The molecule has 0 bridgehead atoms. The third-order valence-electron chi connectivity index (χ3n) is 5.46. The zero-order valence-corrected chi connectivity index (χ0v) is 15.4. The summed E-state index contributed by atoms with van der Waals surface area (Å²) in [5.74, 6) is -5.16. The fourth-order valence-corrected chi connectivity index (χ4v) is 3.80. The van der Waals surface area contributed by atoms with Gasteiger partial charge in [0.05, 0.1) is 12.1 Å². The van der Waals surface area contributed by atoms with E-state index in [1.807, 2.05) is 6.92 Å². The van der Waals surface area contributed by atoms with Crippen LogP contribution in [-0.2, 0) is 4.74 Å². The smallest absolute Gasteiger partial charge is 0.410 e. The molecule has 2 amide bonds. The maximum Gasteiger partial charge on any atom is 0.410 e. The summed E-state index contributed by atoms with van der Waals surface area (Å²) >= 11 is 0. The molecule has 0 unspecified atom stereocenters. The number of hydrogen-bond acceptors (Lipinski definition) is 3. The van der Waals surface area contributed by atoms with E-state index in [1.165, 1.54) is 4.90 Å². The molecular formula is C19H23F3N2O3. The number of hydrogen-bond donors (Lipinski definition) is 0. The van der Waals surface area contributed by atoms with Gasteiger partial charge in [0.25, 0.3) is 5.91 Å². The molecule has 3 rings (SSSR count). The quantitative estimate of drug-likeness (QED) is 0.744. The van der Waals surface area contributed by atoms with Crippen molar-refractivity contribution in [3.63, 3.8) is 0 Å². The molecular weight excluding hydrogens is 361 g/mol. The van der Waals surface area contributed by atoms with Crippen LogP contribution in [0.2, 0.25) is 0 Å². The van der Waals surface area contributed by atoms with Crippen molar-refractivity contribution in [3.05, 3.63) is 35.1 Å². The molecule has 8 heteroatoms. The third kappa shape index (κ3) is 3.61. The van der Waals surface area contributed by atoms with Gasteiger partial charge in [-0.05, 0) is 25.5 Å². The highest BCUT2D eigenvalue weighted by Gasteiger charge is 2.48. The minimum atomic E-state index is -1.65. The fraction of sp³-hybridized carbons (Fsp3) is 0.579. The van der Waals surface area contributed by atoms with Gasteiger partial charge in [0.1, 0.15) is 5.60 Å². The first-order valence-electron chi connectivity index (χ1n) is 9.20. The maximum atomic E-state index is 13.9. The Balaban J connectivity index is 1.66. The van der Waals surface area contributed by atoms with Gasteiger partial charge >= 0.3 is 6.09 Å². The van der Waals surface area contributed by atoms with Gasteiger partial charge < -0.3 is 14.5 Å². The molecule has 2 heterocycles. The lowest BCUT2D eigenvalue weighted by molar-refractivity contribution is 0.00292. The number of piperidine rings is 1. The van der Waals surface area contributed by atoms with Crippen LogP contribution >= 0.6 is 0 Å². The van der Waals surface area contributed by atoms with Crippen molar-refractivity contribution in [2.75, 3.05) is 19.6 Å². The predicted octanol–water partition coefficient (Wildman–Crippen LogP) is 3.72. The first kappa shape index (κ1) is 19.5. The fourth-order valence-electron chi connectivity index (χ4n) is 3.80. The average Bonchev–Trinajstić information content (AvgIpc) is 2.96. The van der Waals surface area contributed by atoms with Crippen LogP contribution in [0, 0.1) is 17.5 Å². The van der Waals surface area contributed by atoms with Crippen LogP contribution in [0.15, 0.2) is 12.1 Å². The summed E-state index contributed by atoms with van der Waals surface area (Å²) in [6.07, 6.45) is 2.34. The van der Waals surface area contributed by atoms with Crippen molar-refractivity contribution in [2.24, 2.45) is 0 Å². The Morgan fingerprint density at radius 2 is 1.89 bits per heavy atom. The van der Waals surface area contributed by atoms with Crippen LogP contribution in [0.4, 0.5) is 18.0 Å². The van der Waals surface area contributed by atoms with Gasteiger partial charge in [-0.15, -0.1) is 0 Å². The Labute approximate surface area is 156 Å². The zero-order valence-electron chi connectivity index (χ0n) is 15.4. The summed E-state index contributed by atoms with van der Waals surface area (Å²) in [6.45, 7) is 5.00. The summed E-state index contributed by atoms with van der Waals surface area (Å²) in [5.41, 5.74) is -1.14. The van der Waals surface area contributed by atoms with Crippen LogP contribution in [-0.4, -0.2) is 53.1 Å². The number of amides is 2. The minimum Gasteiger partial charge on any atom is -0.441 e. The van der Waals surface area contributed by atoms with E-state index in [9.17, 15) is 22.8 Å². The van der Waals surface area contributed by atoms with Gasteiger partial charge in [0.15, 0.2) is 17.5 Å². The number of benzene rings is 1. The third-order valence-corrected chi connectivity index (χ3v) is 5.46. The van der Waals surface area contributed by atoms with Crippen LogP contribution < -0.4 is 0 Å². The Bertz CT molecular complexity index is 748. The largest absolute Gasteiger partial charge is 0.441 e. The normalized spacial score (nSPS) is 20.1. The number of halogens is 3. The maximum absolute atomic E-state index is 13.9. The molecule has 2 aliphatic heterocycles. The molecule has 2 aliphatic rings. The van der Waals surface area contributed by atoms with Crippen molar-refractivity contribution in [3.8, 4) is 0 Å². The van der Waals surface area contributed by atoms with Crippen molar-refractivity contribution in [1.82, 2.24) is 9.80 Å². The lowest BCUT2D eigenvalue weighted by Gasteiger charge is -2.37. The zero-order chi connectivity index (χ0) is 19.8. The van der Waals surface area contributed by atoms with Crippen molar-refractivity contribution in [2.45, 2.75) is 51.2 Å². The van der Waals surface area contributed by atoms with Gasteiger partial charge in [-0.2, -0.15) is 0 Å². The molecule has 0 saturated carbocycles. The second kappa shape index (κ2) is 7.40. The Hall–Kier alpha value is -2.25. The highest BCUT2D eigenvalue weighted by Crippen LogP contribution is 2.35. The van der Waals surface area contributed by atoms with Crippen LogP contribution in [0.3, 0.4) is 0 Å². The molecule has 2 fully saturated rings. The molecule has 1 aromatic carbocycles. The molecule has 0 radical (unpaired) electrons. The number of carbonyl (C=O) groups is 2. The SMILES string of the molecule is CCC[C@@H](C)N1CC2(CCN(C(=O)c3ccc(F)c(F)c3F)CC2)OC1=O. The Morgan fingerprint density at radius 1 is 1.22 bits per heavy atom. The van der Waals surface area contributed by atoms with E-state index in [0.29, 0.717) is 19.4 Å². The number of likely N-dealkylation sites (tertiary alicyclic amines) is 1. The van der Waals surface area contributed by atoms with Crippen molar-refractivity contribution < 1.29 is 27.5 Å². The summed E-state index contributed by atoms with van der Waals surface area (Å²) in [5, 5.41) is 0.